The molecular formula is C14H16N3O4S. The molecular weight excluding hydrogens is 306 g/mol. The fourth-order valence-electron chi connectivity index (χ4n) is 2.33. The number of nitrogens with one attached hydrogen (secondary N) is 1. The minimum atomic E-state index is -0.949. The summed E-state index contributed by atoms with van der Waals surface area (Å²) in [6.07, 6.45) is 1.73. The van der Waals surface area contributed by atoms with Gasteiger partial charge in [-0.15, -0.1) is 11.3 Å². The van der Waals surface area contributed by atoms with Crippen LogP contribution < -0.4 is 5.32 Å². The lowest BCUT2D eigenvalue weighted by molar-refractivity contribution is -0.156. The summed E-state index contributed by atoms with van der Waals surface area (Å²) in [7, 11) is 0. The van der Waals surface area contributed by atoms with Gasteiger partial charge < -0.3 is 10.2 Å². The number of piperazine rings is 1. The van der Waals surface area contributed by atoms with E-state index in [-0.39, 0.29) is 12.6 Å². The van der Waals surface area contributed by atoms with E-state index in [2.05, 4.69) is 5.32 Å². The predicted molar refractivity (Wildman–Crippen MR) is 79.8 cm³/mol. The average molecular weight is 322 g/mol. The highest BCUT2D eigenvalue weighted by molar-refractivity contribution is 7.10. The van der Waals surface area contributed by atoms with Gasteiger partial charge in [0.15, 0.2) is 0 Å². The molecule has 1 radical (unpaired) electrons. The standard InChI is InChI=1S/C14H16N3O4S/c1-3-16-9(2)7-17(13(20)12(16)19)14(21)15-10(8-18)11-5-4-6-22-11/h4-6,9-10H,3,7H2,1-2H3,(H,15,21)/t9-,10?/m1/s1. The average Bonchev–Trinajstić information content (AvgIpc) is 3.03. The molecule has 0 aliphatic carbocycles. The number of likely N-dealkylation sites (N-methyl/N-ethyl adjacent to an activating group) is 1. The fraction of sp³-hybridized carbons (Fsp3) is 0.429. The van der Waals surface area contributed by atoms with Gasteiger partial charge in [0.05, 0.1) is 6.54 Å². The second kappa shape index (κ2) is 6.69. The van der Waals surface area contributed by atoms with Gasteiger partial charge in [-0.3, -0.25) is 19.3 Å². The Hall–Kier alpha value is -2.22. The summed E-state index contributed by atoms with van der Waals surface area (Å²) in [4.78, 5) is 50.1. The highest BCUT2D eigenvalue weighted by atomic mass is 32.1. The molecule has 1 aromatic heterocycles. The first-order valence-electron chi connectivity index (χ1n) is 6.83. The summed E-state index contributed by atoms with van der Waals surface area (Å²) < 4.78 is 0. The largest absolute Gasteiger partial charge is 0.330 e. The molecule has 1 aromatic rings. The van der Waals surface area contributed by atoms with Crippen molar-refractivity contribution in [2.45, 2.75) is 25.9 Å². The van der Waals surface area contributed by atoms with Crippen LogP contribution in [0, 0.1) is 0 Å². The number of carbonyl (C=O) groups is 3. The van der Waals surface area contributed by atoms with E-state index < -0.39 is 23.9 Å². The van der Waals surface area contributed by atoms with Crippen LogP contribution in [-0.4, -0.2) is 53.1 Å². The maximum Gasteiger partial charge on any atom is 0.325 e. The third-order valence-electron chi connectivity index (χ3n) is 3.47. The Labute approximate surface area is 131 Å². The smallest absolute Gasteiger partial charge is 0.325 e. The van der Waals surface area contributed by atoms with Crippen molar-refractivity contribution >= 4 is 35.5 Å². The molecule has 1 saturated heterocycles. The Kier molecular flexibility index (Phi) is 4.92. The topological polar surface area (TPSA) is 86.8 Å². The number of imide groups is 1. The summed E-state index contributed by atoms with van der Waals surface area (Å²) in [6.45, 7) is 4.03. The lowest BCUT2D eigenvalue weighted by Crippen LogP contribution is -2.61. The molecule has 22 heavy (non-hydrogen) atoms. The van der Waals surface area contributed by atoms with Crippen molar-refractivity contribution in [3.63, 3.8) is 0 Å². The first kappa shape index (κ1) is 16.2. The molecule has 0 bridgehead atoms. The lowest BCUT2D eigenvalue weighted by atomic mass is 10.2. The van der Waals surface area contributed by atoms with E-state index in [9.17, 15) is 19.2 Å². The molecule has 117 valence electrons. The summed E-state index contributed by atoms with van der Waals surface area (Å²) >= 11 is 1.29. The van der Waals surface area contributed by atoms with Crippen LogP contribution in [0.25, 0.3) is 0 Å². The zero-order valence-corrected chi connectivity index (χ0v) is 13.1. The van der Waals surface area contributed by atoms with Crippen LogP contribution in [0.15, 0.2) is 17.5 Å². The normalized spacial score (nSPS) is 20.0. The molecule has 7 nitrogen and oxygen atoms in total. The van der Waals surface area contributed by atoms with Gasteiger partial charge in [0, 0.05) is 17.5 Å². The Morgan fingerprint density at radius 3 is 2.77 bits per heavy atom. The van der Waals surface area contributed by atoms with Crippen molar-refractivity contribution in [3.05, 3.63) is 22.4 Å². The minimum Gasteiger partial charge on any atom is -0.330 e. The highest BCUT2D eigenvalue weighted by Gasteiger charge is 2.39. The SMILES string of the molecule is CCN1C(=O)C(=O)N(C(=O)NC([C]=O)c2cccs2)C[C@H]1C. The third kappa shape index (κ3) is 3.01. The molecule has 1 aliphatic rings. The summed E-state index contributed by atoms with van der Waals surface area (Å²) in [5, 5.41) is 4.19. The van der Waals surface area contributed by atoms with Crippen LogP contribution in [-0.2, 0) is 14.4 Å². The molecule has 0 aromatic carbocycles. The number of thiophene rings is 1. The summed E-state index contributed by atoms with van der Waals surface area (Å²) in [6, 6.07) is 1.46. The Morgan fingerprint density at radius 2 is 2.23 bits per heavy atom. The summed E-state index contributed by atoms with van der Waals surface area (Å²) in [5.41, 5.74) is 0. The number of hydrogen-bond acceptors (Lipinski definition) is 5. The fourth-order valence-corrected chi connectivity index (χ4v) is 3.04. The lowest BCUT2D eigenvalue weighted by Gasteiger charge is -2.37. The van der Waals surface area contributed by atoms with Crippen LogP contribution in [0.4, 0.5) is 4.79 Å². The van der Waals surface area contributed by atoms with E-state index in [4.69, 9.17) is 0 Å². The molecule has 1 unspecified atom stereocenters. The molecule has 2 heterocycles. The maximum absolute atomic E-state index is 12.2. The number of hydrogen-bond donors (Lipinski definition) is 1. The van der Waals surface area contributed by atoms with Gasteiger partial charge in [-0.05, 0) is 25.3 Å². The first-order valence-corrected chi connectivity index (χ1v) is 7.71. The van der Waals surface area contributed by atoms with Gasteiger partial charge >= 0.3 is 17.8 Å². The van der Waals surface area contributed by atoms with E-state index in [1.165, 1.54) is 16.2 Å². The van der Waals surface area contributed by atoms with Crippen LogP contribution in [0.2, 0.25) is 0 Å². The quantitative estimate of drug-likeness (QED) is 0.826. The van der Waals surface area contributed by atoms with Crippen LogP contribution in [0.3, 0.4) is 0 Å². The van der Waals surface area contributed by atoms with Crippen molar-refractivity contribution in [3.8, 4) is 0 Å². The molecule has 2 atom stereocenters. The van der Waals surface area contributed by atoms with Gasteiger partial charge in [0.2, 0.25) is 6.29 Å². The molecule has 1 N–H and O–H groups in total. The Bertz CT molecular complexity index is 587. The third-order valence-corrected chi connectivity index (χ3v) is 4.40. The summed E-state index contributed by atoms with van der Waals surface area (Å²) in [5.74, 6) is -1.59. The number of nitrogens with zero attached hydrogens (tertiary/aromatic N) is 2. The van der Waals surface area contributed by atoms with Gasteiger partial charge in [-0.2, -0.15) is 0 Å². The van der Waals surface area contributed by atoms with E-state index in [0.717, 1.165) is 4.90 Å². The van der Waals surface area contributed by atoms with E-state index in [1.807, 2.05) is 0 Å². The number of urea groups is 1. The highest BCUT2D eigenvalue weighted by Crippen LogP contribution is 2.18. The van der Waals surface area contributed by atoms with E-state index >= 15 is 0 Å². The molecule has 2 rings (SSSR count). The molecule has 1 aliphatic heterocycles. The monoisotopic (exact) mass is 322 g/mol. The van der Waals surface area contributed by atoms with Gasteiger partial charge in [0.25, 0.3) is 0 Å². The predicted octanol–water partition coefficient (Wildman–Crippen LogP) is 0.688. The zero-order valence-electron chi connectivity index (χ0n) is 12.2. The van der Waals surface area contributed by atoms with Crippen molar-refractivity contribution in [1.82, 2.24) is 15.1 Å². The number of carbonyl (C=O) groups excluding carboxylic acids is 4. The Balaban J connectivity index is 2.11. The minimum absolute atomic E-state index is 0.0975. The number of rotatable bonds is 4. The molecule has 0 spiro atoms. The van der Waals surface area contributed by atoms with Gasteiger partial charge in [0.1, 0.15) is 6.04 Å². The van der Waals surface area contributed by atoms with Crippen LogP contribution in [0.5, 0.6) is 0 Å². The maximum atomic E-state index is 12.2. The van der Waals surface area contributed by atoms with Gasteiger partial charge in [-0.1, -0.05) is 6.07 Å². The second-order valence-electron chi connectivity index (χ2n) is 4.87. The Morgan fingerprint density at radius 1 is 1.50 bits per heavy atom. The molecule has 8 heteroatoms. The van der Waals surface area contributed by atoms with Crippen molar-refractivity contribution < 1.29 is 19.2 Å². The van der Waals surface area contributed by atoms with E-state index in [1.54, 1.807) is 37.6 Å². The van der Waals surface area contributed by atoms with Crippen molar-refractivity contribution in [2.24, 2.45) is 0 Å². The number of amides is 4. The molecule has 0 saturated carbocycles. The first-order chi connectivity index (χ1) is 10.5. The van der Waals surface area contributed by atoms with Crippen molar-refractivity contribution in [1.29, 1.82) is 0 Å². The molecule has 4 amide bonds. The molecule has 1 fully saturated rings. The van der Waals surface area contributed by atoms with Crippen molar-refractivity contribution in [2.75, 3.05) is 13.1 Å². The van der Waals surface area contributed by atoms with E-state index in [0.29, 0.717) is 11.4 Å². The van der Waals surface area contributed by atoms with Gasteiger partial charge in [-0.25, -0.2) is 4.79 Å². The van der Waals surface area contributed by atoms with Crippen LogP contribution in [0.1, 0.15) is 24.8 Å². The zero-order chi connectivity index (χ0) is 16.3. The van der Waals surface area contributed by atoms with Crippen LogP contribution >= 0.6 is 11.3 Å². The second-order valence-corrected chi connectivity index (χ2v) is 5.85.